The van der Waals surface area contributed by atoms with Gasteiger partial charge in [-0.25, -0.2) is 0 Å². The molecule has 0 aliphatic carbocycles. The van der Waals surface area contributed by atoms with Gasteiger partial charge in [0.05, 0.1) is 5.69 Å². The lowest BCUT2D eigenvalue weighted by Crippen LogP contribution is -2.26. The molecule has 6 nitrogen and oxygen atoms in total. The fourth-order valence-corrected chi connectivity index (χ4v) is 5.32. The molecule has 0 radical (unpaired) electrons. The first-order valence-corrected chi connectivity index (χ1v) is 12.8. The van der Waals surface area contributed by atoms with Gasteiger partial charge in [0, 0.05) is 40.4 Å². The van der Waals surface area contributed by atoms with Crippen LogP contribution in [0, 0.1) is 0 Å². The van der Waals surface area contributed by atoms with Gasteiger partial charge >= 0.3 is 0 Å². The van der Waals surface area contributed by atoms with Gasteiger partial charge in [-0.1, -0.05) is 66.7 Å². The second kappa shape index (κ2) is 11.2. The normalized spacial score (nSPS) is 14.5. The van der Waals surface area contributed by atoms with Crippen molar-refractivity contribution in [3.63, 3.8) is 0 Å². The number of anilines is 2. The van der Waals surface area contributed by atoms with Crippen LogP contribution in [0.5, 0.6) is 0 Å². The summed E-state index contributed by atoms with van der Waals surface area (Å²) < 4.78 is 0. The van der Waals surface area contributed by atoms with Gasteiger partial charge < -0.3 is 10.4 Å². The van der Waals surface area contributed by atoms with Crippen LogP contribution in [0.4, 0.5) is 11.4 Å². The van der Waals surface area contributed by atoms with E-state index in [4.69, 9.17) is 0 Å². The molecule has 2 N–H and O–H groups in total. The van der Waals surface area contributed by atoms with E-state index in [9.17, 15) is 14.7 Å². The van der Waals surface area contributed by atoms with E-state index in [0.717, 1.165) is 21.7 Å². The molecule has 1 unspecified atom stereocenters. The van der Waals surface area contributed by atoms with Crippen molar-refractivity contribution in [2.75, 3.05) is 16.8 Å². The molecule has 4 aromatic rings. The van der Waals surface area contributed by atoms with Crippen molar-refractivity contribution in [1.29, 1.82) is 0 Å². The van der Waals surface area contributed by atoms with Crippen LogP contribution in [0.2, 0.25) is 0 Å². The molecule has 0 bridgehead atoms. The number of hydrogen-bond donors (Lipinski definition) is 2. The number of carbonyl (C=O) groups is 2. The number of aromatic nitrogens is 1. The third-order valence-corrected chi connectivity index (χ3v) is 7.27. The minimum absolute atomic E-state index is 0.0483. The van der Waals surface area contributed by atoms with Crippen molar-refractivity contribution in [3.05, 3.63) is 121 Å². The number of carbonyl (C=O) groups excluding carboxylic acids is 2. The lowest BCUT2D eigenvalue weighted by Gasteiger charge is -2.19. The highest BCUT2D eigenvalue weighted by Gasteiger charge is 2.24. The van der Waals surface area contributed by atoms with E-state index in [1.54, 1.807) is 41.1 Å². The molecule has 0 saturated carbocycles. The Balaban J connectivity index is 1.41. The third-order valence-electron chi connectivity index (χ3n) is 5.98. The number of nitrogens with one attached hydrogen (secondary N) is 1. The van der Waals surface area contributed by atoms with E-state index in [-0.39, 0.29) is 29.4 Å². The maximum Gasteiger partial charge on any atom is 0.281 e. The summed E-state index contributed by atoms with van der Waals surface area (Å²) >= 11 is 1.61. The molecular formula is C30H25N3O3S. The van der Waals surface area contributed by atoms with Crippen molar-refractivity contribution in [2.24, 2.45) is 0 Å². The van der Waals surface area contributed by atoms with Crippen LogP contribution >= 0.6 is 11.8 Å². The molecule has 0 fully saturated rings. The molecule has 184 valence electrons. The minimum Gasteiger partial charge on any atom is -0.396 e. The average molecular weight is 508 g/mol. The SMILES string of the molecule is O=C(Nc1ccnc(C(=O)N2C=CC(CCO)Sc3ccccc32)c1)c1ccccc1-c1ccccc1. The first-order chi connectivity index (χ1) is 18.1. The number of rotatable bonds is 6. The van der Waals surface area contributed by atoms with Crippen LogP contribution < -0.4 is 10.2 Å². The van der Waals surface area contributed by atoms with Gasteiger partial charge in [0.15, 0.2) is 0 Å². The Morgan fingerprint density at radius 2 is 1.70 bits per heavy atom. The Kier molecular flexibility index (Phi) is 7.44. The summed E-state index contributed by atoms with van der Waals surface area (Å²) in [5.41, 5.74) is 3.75. The second-order valence-electron chi connectivity index (χ2n) is 8.45. The van der Waals surface area contributed by atoms with Gasteiger partial charge in [-0.2, -0.15) is 0 Å². The Hall–Kier alpha value is -4.20. The third kappa shape index (κ3) is 5.48. The lowest BCUT2D eigenvalue weighted by molar-refractivity contribution is 0.0989. The molecule has 1 aliphatic rings. The molecule has 7 heteroatoms. The highest BCUT2D eigenvalue weighted by molar-refractivity contribution is 8.00. The highest BCUT2D eigenvalue weighted by Crippen LogP contribution is 2.38. The van der Waals surface area contributed by atoms with E-state index in [1.165, 1.54) is 6.20 Å². The summed E-state index contributed by atoms with van der Waals surface area (Å²) in [7, 11) is 0. The zero-order valence-corrected chi connectivity index (χ0v) is 20.8. The van der Waals surface area contributed by atoms with Crippen LogP contribution in [0.25, 0.3) is 11.1 Å². The van der Waals surface area contributed by atoms with Crippen LogP contribution in [0.3, 0.4) is 0 Å². The minimum atomic E-state index is -0.310. The van der Waals surface area contributed by atoms with Crippen LogP contribution in [-0.2, 0) is 0 Å². The quantitative estimate of drug-likeness (QED) is 0.334. The number of benzene rings is 3. The Morgan fingerprint density at radius 1 is 0.946 bits per heavy atom. The number of amides is 2. The largest absolute Gasteiger partial charge is 0.396 e. The van der Waals surface area contributed by atoms with Crippen LogP contribution in [0.1, 0.15) is 27.3 Å². The number of pyridine rings is 1. The number of aliphatic hydroxyl groups excluding tert-OH is 1. The zero-order valence-electron chi connectivity index (χ0n) is 20.0. The predicted molar refractivity (Wildman–Crippen MR) is 148 cm³/mol. The highest BCUT2D eigenvalue weighted by atomic mass is 32.2. The summed E-state index contributed by atoms with van der Waals surface area (Å²) in [6, 6.07) is 28.1. The molecule has 1 aromatic heterocycles. The maximum atomic E-state index is 13.6. The number of hydrogen-bond acceptors (Lipinski definition) is 5. The van der Waals surface area contributed by atoms with Gasteiger partial charge in [-0.15, -0.1) is 11.8 Å². The van der Waals surface area contributed by atoms with Gasteiger partial charge in [0.25, 0.3) is 11.8 Å². The van der Waals surface area contributed by atoms with Gasteiger partial charge in [0.1, 0.15) is 5.69 Å². The summed E-state index contributed by atoms with van der Waals surface area (Å²) in [5.74, 6) is -0.581. The fourth-order valence-electron chi connectivity index (χ4n) is 4.18. The molecule has 1 atom stereocenters. The van der Waals surface area contributed by atoms with E-state index >= 15 is 0 Å². The molecule has 1 aliphatic heterocycles. The van der Waals surface area contributed by atoms with Gasteiger partial charge in [0.2, 0.25) is 0 Å². The molecule has 0 saturated heterocycles. The number of para-hydroxylation sites is 1. The number of thioether (sulfide) groups is 1. The number of aliphatic hydroxyl groups is 1. The fraction of sp³-hybridized carbons (Fsp3) is 0.100. The number of fused-ring (bicyclic) bond motifs is 1. The molecule has 37 heavy (non-hydrogen) atoms. The van der Waals surface area contributed by atoms with Gasteiger partial charge in [-0.3, -0.25) is 19.5 Å². The van der Waals surface area contributed by atoms with Crippen molar-refractivity contribution < 1.29 is 14.7 Å². The summed E-state index contributed by atoms with van der Waals surface area (Å²) in [5, 5.41) is 12.4. The van der Waals surface area contributed by atoms with Crippen molar-refractivity contribution >= 4 is 35.0 Å². The van der Waals surface area contributed by atoms with E-state index < -0.39 is 0 Å². The van der Waals surface area contributed by atoms with E-state index in [0.29, 0.717) is 17.7 Å². The Labute approximate surface area is 219 Å². The first-order valence-electron chi connectivity index (χ1n) is 11.9. The summed E-state index contributed by atoms with van der Waals surface area (Å²) in [6.45, 7) is 0.0643. The zero-order chi connectivity index (χ0) is 25.6. The predicted octanol–water partition coefficient (Wildman–Crippen LogP) is 6.02. The molecule has 5 rings (SSSR count). The van der Waals surface area contributed by atoms with Crippen molar-refractivity contribution in [1.82, 2.24) is 4.98 Å². The molecule has 2 heterocycles. The average Bonchev–Trinajstić information content (AvgIpc) is 3.13. The number of nitrogens with zero attached hydrogens (tertiary/aromatic N) is 2. The summed E-state index contributed by atoms with van der Waals surface area (Å²) in [4.78, 5) is 33.6. The first kappa shape index (κ1) is 24.5. The van der Waals surface area contributed by atoms with E-state index in [2.05, 4.69) is 10.3 Å². The molecule has 3 aromatic carbocycles. The van der Waals surface area contributed by atoms with Crippen molar-refractivity contribution in [3.8, 4) is 11.1 Å². The van der Waals surface area contributed by atoms with Crippen molar-refractivity contribution in [2.45, 2.75) is 16.6 Å². The Bertz CT molecular complexity index is 1460. The summed E-state index contributed by atoms with van der Waals surface area (Å²) in [6.07, 6.45) is 5.76. The lowest BCUT2D eigenvalue weighted by atomic mass is 9.99. The van der Waals surface area contributed by atoms with Crippen LogP contribution in [0.15, 0.2) is 114 Å². The maximum absolute atomic E-state index is 13.6. The molecule has 2 amide bonds. The van der Waals surface area contributed by atoms with Gasteiger partial charge in [-0.05, 0) is 47.9 Å². The monoisotopic (exact) mass is 507 g/mol. The molecule has 0 spiro atoms. The standard InChI is InChI=1S/C30H25N3O3S/c34-19-16-23-15-18-33(27-12-6-7-13-28(27)37-23)30(36)26-20-22(14-17-31-26)32-29(35)25-11-5-4-10-24(25)21-8-2-1-3-9-21/h1-15,17-18,20,23,34H,16,19H2,(H,31,32,35). The van der Waals surface area contributed by atoms with E-state index in [1.807, 2.05) is 78.9 Å². The topological polar surface area (TPSA) is 82.5 Å². The second-order valence-corrected chi connectivity index (χ2v) is 9.73. The Morgan fingerprint density at radius 3 is 2.54 bits per heavy atom. The molecular weight excluding hydrogens is 482 g/mol. The smallest absolute Gasteiger partial charge is 0.281 e. The van der Waals surface area contributed by atoms with Crippen LogP contribution in [-0.4, -0.2) is 33.8 Å².